The quantitative estimate of drug-likeness (QED) is 0.357. The average molecular weight is 488 g/mol. The van der Waals surface area contributed by atoms with Crippen molar-refractivity contribution < 1.29 is 23.8 Å². The molecule has 0 aliphatic heterocycles. The number of anilines is 1. The molecule has 4 rings (SSSR count). The lowest BCUT2D eigenvalue weighted by Crippen LogP contribution is -2.26. The molecule has 1 unspecified atom stereocenters. The first-order valence-corrected chi connectivity index (χ1v) is 12.6. The lowest BCUT2D eigenvalue weighted by atomic mass is 9.98. The Morgan fingerprint density at radius 3 is 2.08 bits per heavy atom. The van der Waals surface area contributed by atoms with Gasteiger partial charge in [-0.2, -0.15) is 0 Å². The summed E-state index contributed by atoms with van der Waals surface area (Å²) in [5.41, 5.74) is 1.33. The van der Waals surface area contributed by atoms with Crippen molar-refractivity contribution in [3.05, 3.63) is 90.0 Å². The minimum Gasteiger partial charge on any atom is -0.490 e. The van der Waals surface area contributed by atoms with Crippen LogP contribution in [0.25, 0.3) is 0 Å². The normalized spacial score (nSPS) is 15.1. The Hall–Kier alpha value is -3.80. The summed E-state index contributed by atoms with van der Waals surface area (Å²) >= 11 is 0. The van der Waals surface area contributed by atoms with Gasteiger partial charge in [0, 0.05) is 5.56 Å². The summed E-state index contributed by atoms with van der Waals surface area (Å²) < 4.78 is 17.2. The fourth-order valence-corrected chi connectivity index (χ4v) is 4.44. The molecule has 3 aromatic carbocycles. The lowest BCUT2D eigenvalue weighted by molar-refractivity contribution is -0.123. The van der Waals surface area contributed by atoms with Crippen molar-refractivity contribution in [2.75, 3.05) is 12.4 Å². The largest absolute Gasteiger partial charge is 0.490 e. The van der Waals surface area contributed by atoms with Gasteiger partial charge in [0.25, 0.3) is 5.91 Å². The van der Waals surface area contributed by atoms with Crippen LogP contribution in [0.1, 0.15) is 67.0 Å². The second kappa shape index (κ2) is 12.8. The van der Waals surface area contributed by atoms with E-state index in [4.69, 9.17) is 14.2 Å². The van der Waals surface area contributed by atoms with Crippen LogP contribution < -0.4 is 14.8 Å². The predicted octanol–water partition coefficient (Wildman–Crippen LogP) is 6.72. The Morgan fingerprint density at radius 1 is 0.778 bits per heavy atom. The van der Waals surface area contributed by atoms with Gasteiger partial charge in [-0.15, -0.1) is 0 Å². The van der Waals surface area contributed by atoms with Gasteiger partial charge in [0.05, 0.1) is 24.5 Å². The molecule has 0 saturated heterocycles. The third-order valence-corrected chi connectivity index (χ3v) is 6.36. The molecule has 1 atom stereocenters. The van der Waals surface area contributed by atoms with E-state index in [1.807, 2.05) is 54.6 Å². The Balaban J connectivity index is 1.48. The average Bonchev–Trinajstić information content (AvgIpc) is 2.90. The number of hydrogen-bond acceptors (Lipinski definition) is 5. The van der Waals surface area contributed by atoms with Gasteiger partial charge in [0.2, 0.25) is 6.10 Å². The van der Waals surface area contributed by atoms with E-state index in [1.54, 1.807) is 24.3 Å². The highest BCUT2D eigenvalue weighted by Gasteiger charge is 2.25. The Morgan fingerprint density at radius 2 is 1.39 bits per heavy atom. The van der Waals surface area contributed by atoms with Crippen molar-refractivity contribution >= 4 is 17.6 Å². The van der Waals surface area contributed by atoms with Crippen molar-refractivity contribution in [2.24, 2.45) is 0 Å². The number of methoxy groups -OCH3 is 1. The molecule has 0 radical (unpaired) electrons. The summed E-state index contributed by atoms with van der Waals surface area (Å²) in [5, 5.41) is 2.83. The van der Waals surface area contributed by atoms with E-state index in [9.17, 15) is 9.59 Å². The molecule has 0 spiro atoms. The smallest absolute Gasteiger partial charge is 0.339 e. The number of para-hydroxylation sites is 1. The maximum atomic E-state index is 13.4. The Kier molecular flexibility index (Phi) is 8.98. The van der Waals surface area contributed by atoms with Crippen LogP contribution in [0.5, 0.6) is 11.5 Å². The van der Waals surface area contributed by atoms with Gasteiger partial charge >= 0.3 is 5.97 Å². The number of carbonyl (C=O) groups is 2. The van der Waals surface area contributed by atoms with E-state index in [-0.39, 0.29) is 11.7 Å². The van der Waals surface area contributed by atoms with Crippen LogP contribution in [-0.2, 0) is 9.53 Å². The second-order valence-electron chi connectivity index (χ2n) is 8.99. The third-order valence-electron chi connectivity index (χ3n) is 6.36. The Bertz CT molecular complexity index is 1120. The van der Waals surface area contributed by atoms with E-state index in [0.717, 1.165) is 18.6 Å². The fourth-order valence-electron chi connectivity index (χ4n) is 4.44. The fraction of sp³-hybridized carbons (Fsp3) is 0.333. The molecule has 1 aliphatic rings. The molecular weight excluding hydrogens is 454 g/mol. The van der Waals surface area contributed by atoms with Crippen LogP contribution >= 0.6 is 0 Å². The molecule has 3 aromatic rings. The van der Waals surface area contributed by atoms with Crippen LogP contribution in [0.15, 0.2) is 78.9 Å². The van der Waals surface area contributed by atoms with Gasteiger partial charge in [-0.25, -0.2) is 4.79 Å². The first kappa shape index (κ1) is 25.3. The van der Waals surface area contributed by atoms with Gasteiger partial charge in [-0.1, -0.05) is 61.7 Å². The maximum Gasteiger partial charge on any atom is 0.339 e. The number of ether oxygens (including phenoxy) is 3. The summed E-state index contributed by atoms with van der Waals surface area (Å²) in [6.45, 7) is 0. The number of carbonyl (C=O) groups excluding carboxylic acids is 2. The minimum atomic E-state index is -0.922. The number of benzene rings is 3. The SMILES string of the molecule is COC(=O)c1ccccc1NC(=O)C(Oc1ccc(OC2CCCCCCC2)cc1)c1ccccc1. The van der Waals surface area contributed by atoms with Gasteiger partial charge in [-0.05, 0) is 62.1 Å². The highest BCUT2D eigenvalue weighted by atomic mass is 16.5. The molecule has 0 heterocycles. The van der Waals surface area contributed by atoms with Crippen molar-refractivity contribution in [3.63, 3.8) is 0 Å². The summed E-state index contributed by atoms with van der Waals surface area (Å²) in [6.07, 6.45) is 7.78. The molecule has 6 nitrogen and oxygen atoms in total. The van der Waals surface area contributed by atoms with Crippen molar-refractivity contribution in [1.29, 1.82) is 0 Å². The summed E-state index contributed by atoms with van der Waals surface area (Å²) in [6, 6.07) is 23.4. The van der Waals surface area contributed by atoms with E-state index in [1.165, 1.54) is 39.2 Å². The molecular formula is C30H33NO5. The first-order chi connectivity index (χ1) is 17.6. The summed E-state index contributed by atoms with van der Waals surface area (Å²) in [4.78, 5) is 25.5. The zero-order valence-corrected chi connectivity index (χ0v) is 20.7. The predicted molar refractivity (Wildman–Crippen MR) is 139 cm³/mol. The van der Waals surface area contributed by atoms with Crippen LogP contribution in [0.4, 0.5) is 5.69 Å². The lowest BCUT2D eigenvalue weighted by Gasteiger charge is -2.22. The van der Waals surface area contributed by atoms with E-state index >= 15 is 0 Å². The minimum absolute atomic E-state index is 0.245. The number of amides is 1. The maximum absolute atomic E-state index is 13.4. The molecule has 1 fully saturated rings. The molecule has 0 bridgehead atoms. The van der Waals surface area contributed by atoms with Gasteiger partial charge in [0.1, 0.15) is 11.5 Å². The number of nitrogens with one attached hydrogen (secondary N) is 1. The summed E-state index contributed by atoms with van der Waals surface area (Å²) in [5.74, 6) is 0.432. The number of esters is 1. The van der Waals surface area contributed by atoms with E-state index in [2.05, 4.69) is 5.32 Å². The van der Waals surface area contributed by atoms with Crippen LogP contribution in [0.3, 0.4) is 0 Å². The molecule has 1 N–H and O–H groups in total. The molecule has 6 heteroatoms. The molecule has 1 saturated carbocycles. The molecule has 36 heavy (non-hydrogen) atoms. The van der Waals surface area contributed by atoms with Gasteiger partial charge in [0.15, 0.2) is 0 Å². The van der Waals surface area contributed by atoms with Crippen molar-refractivity contribution in [1.82, 2.24) is 0 Å². The van der Waals surface area contributed by atoms with Crippen molar-refractivity contribution in [2.45, 2.75) is 57.2 Å². The zero-order valence-electron chi connectivity index (χ0n) is 20.7. The molecule has 1 aliphatic carbocycles. The summed E-state index contributed by atoms with van der Waals surface area (Å²) in [7, 11) is 1.31. The first-order valence-electron chi connectivity index (χ1n) is 12.6. The molecule has 0 aromatic heterocycles. The highest BCUT2D eigenvalue weighted by molar-refractivity contribution is 6.02. The third kappa shape index (κ3) is 6.87. The van der Waals surface area contributed by atoms with Gasteiger partial charge < -0.3 is 19.5 Å². The Labute approximate surface area is 212 Å². The highest BCUT2D eigenvalue weighted by Crippen LogP contribution is 2.28. The van der Waals surface area contributed by atoms with Crippen molar-refractivity contribution in [3.8, 4) is 11.5 Å². The van der Waals surface area contributed by atoms with Crippen LogP contribution in [-0.4, -0.2) is 25.1 Å². The van der Waals surface area contributed by atoms with Crippen LogP contribution in [0.2, 0.25) is 0 Å². The van der Waals surface area contributed by atoms with Crippen LogP contribution in [0, 0.1) is 0 Å². The van der Waals surface area contributed by atoms with E-state index in [0.29, 0.717) is 17.0 Å². The van der Waals surface area contributed by atoms with Gasteiger partial charge in [-0.3, -0.25) is 4.79 Å². The standard InChI is InChI=1S/C30H33NO5/c1-34-30(33)26-16-10-11-17-27(26)31-29(32)28(22-12-6-5-7-13-22)36-25-20-18-24(19-21-25)35-23-14-8-3-2-4-9-15-23/h5-7,10-13,16-21,23,28H,2-4,8-9,14-15H2,1H3,(H,31,32). The second-order valence-corrected chi connectivity index (χ2v) is 8.99. The molecule has 188 valence electrons. The zero-order chi connectivity index (χ0) is 25.2. The molecule has 1 amide bonds. The van der Waals surface area contributed by atoms with E-state index < -0.39 is 18.0 Å². The topological polar surface area (TPSA) is 73.9 Å². The number of hydrogen-bond donors (Lipinski definition) is 1. The monoisotopic (exact) mass is 487 g/mol. The number of rotatable bonds is 8.